The third-order valence-corrected chi connectivity index (χ3v) is 4.00. The maximum absolute atomic E-state index is 11.4. The number of carboxylic acid groups (broad SMARTS) is 1. The number of amides is 1. The third-order valence-electron chi connectivity index (χ3n) is 2.36. The molecule has 0 spiro atoms. The average Bonchev–Trinajstić information content (AvgIpc) is 2.74. The summed E-state index contributed by atoms with van der Waals surface area (Å²) >= 11 is 4.75. The van der Waals surface area contributed by atoms with Crippen LogP contribution in [0, 0.1) is 0 Å². The first-order chi connectivity index (χ1) is 9.02. The number of hydrogen-bond acceptors (Lipinski definition) is 4. The van der Waals surface area contributed by atoms with Crippen LogP contribution in [-0.2, 0) is 16.0 Å². The van der Waals surface area contributed by atoms with Crippen LogP contribution < -0.4 is 5.32 Å². The number of rotatable bonds is 7. The van der Waals surface area contributed by atoms with Crippen LogP contribution in [0.5, 0.6) is 0 Å². The van der Waals surface area contributed by atoms with E-state index in [1.165, 1.54) is 11.3 Å². The van der Waals surface area contributed by atoms with Crippen LogP contribution in [0.2, 0.25) is 0 Å². The quantitative estimate of drug-likeness (QED) is 0.741. The van der Waals surface area contributed by atoms with Crippen molar-refractivity contribution in [3.63, 3.8) is 0 Å². The number of unbranched alkanes of at least 4 members (excludes halogenated alkanes) is 1. The molecule has 0 fully saturated rings. The molecule has 0 aliphatic carbocycles. The number of carbonyl (C=O) groups is 2. The zero-order valence-electron chi connectivity index (χ0n) is 10.5. The number of carbonyl (C=O) groups excluding carboxylic acids is 1. The number of halogens is 1. The summed E-state index contributed by atoms with van der Waals surface area (Å²) in [4.78, 5) is 23.4. The van der Waals surface area contributed by atoms with E-state index in [0.29, 0.717) is 6.61 Å². The van der Waals surface area contributed by atoms with Gasteiger partial charge in [-0.2, -0.15) is 0 Å². The first-order valence-corrected chi connectivity index (χ1v) is 7.54. The highest BCUT2D eigenvalue weighted by molar-refractivity contribution is 9.11. The smallest absolute Gasteiger partial charge is 0.407 e. The lowest BCUT2D eigenvalue weighted by Crippen LogP contribution is -2.42. The molecule has 0 radical (unpaired) electrons. The minimum Gasteiger partial charge on any atom is -0.480 e. The second kappa shape index (κ2) is 8.16. The van der Waals surface area contributed by atoms with Crippen molar-refractivity contribution in [2.24, 2.45) is 0 Å². The topological polar surface area (TPSA) is 75.6 Å². The van der Waals surface area contributed by atoms with Crippen LogP contribution in [0.15, 0.2) is 15.9 Å². The Kier molecular flexibility index (Phi) is 6.86. The molecule has 19 heavy (non-hydrogen) atoms. The van der Waals surface area contributed by atoms with E-state index < -0.39 is 18.1 Å². The van der Waals surface area contributed by atoms with Gasteiger partial charge >= 0.3 is 12.1 Å². The van der Waals surface area contributed by atoms with E-state index in [9.17, 15) is 9.59 Å². The third kappa shape index (κ3) is 6.07. The number of nitrogens with one attached hydrogen (secondary N) is 1. The van der Waals surface area contributed by atoms with Gasteiger partial charge in [-0.1, -0.05) is 13.3 Å². The van der Waals surface area contributed by atoms with E-state index in [-0.39, 0.29) is 6.42 Å². The fraction of sp³-hybridized carbons (Fsp3) is 0.500. The van der Waals surface area contributed by atoms with Crippen molar-refractivity contribution >= 4 is 39.3 Å². The molecule has 1 aromatic heterocycles. The van der Waals surface area contributed by atoms with Gasteiger partial charge in [0.25, 0.3) is 0 Å². The Balaban J connectivity index is 2.49. The lowest BCUT2D eigenvalue weighted by atomic mass is 10.2. The maximum Gasteiger partial charge on any atom is 0.407 e. The molecule has 1 atom stereocenters. The summed E-state index contributed by atoms with van der Waals surface area (Å²) in [6, 6.07) is 2.70. The molecule has 1 rings (SSSR count). The van der Waals surface area contributed by atoms with E-state index in [4.69, 9.17) is 9.84 Å². The Labute approximate surface area is 124 Å². The van der Waals surface area contributed by atoms with Crippen molar-refractivity contribution in [1.82, 2.24) is 5.32 Å². The van der Waals surface area contributed by atoms with Gasteiger partial charge in [0.2, 0.25) is 0 Å². The minimum absolute atomic E-state index is 0.245. The van der Waals surface area contributed by atoms with Crippen LogP contribution >= 0.6 is 27.3 Å². The summed E-state index contributed by atoms with van der Waals surface area (Å²) in [7, 11) is 0. The van der Waals surface area contributed by atoms with Gasteiger partial charge in [-0.05, 0) is 34.5 Å². The molecule has 0 aliphatic heterocycles. The number of hydrogen-bond donors (Lipinski definition) is 2. The van der Waals surface area contributed by atoms with Crippen molar-refractivity contribution in [3.8, 4) is 0 Å². The molecule has 7 heteroatoms. The summed E-state index contributed by atoms with van der Waals surface area (Å²) in [5.74, 6) is -1.07. The molecule has 0 bridgehead atoms. The zero-order chi connectivity index (χ0) is 14.3. The normalized spacial score (nSPS) is 11.9. The van der Waals surface area contributed by atoms with E-state index >= 15 is 0 Å². The molecule has 1 heterocycles. The molecular weight excluding hydrogens is 334 g/mol. The van der Waals surface area contributed by atoms with Gasteiger partial charge in [0, 0.05) is 11.3 Å². The Morgan fingerprint density at radius 3 is 2.79 bits per heavy atom. The lowest BCUT2D eigenvalue weighted by Gasteiger charge is -2.13. The van der Waals surface area contributed by atoms with Crippen molar-refractivity contribution in [3.05, 3.63) is 20.8 Å². The largest absolute Gasteiger partial charge is 0.480 e. The summed E-state index contributed by atoms with van der Waals surface area (Å²) < 4.78 is 5.81. The SMILES string of the molecule is CCCCOC(=O)NC(Cc1ccc(Br)s1)C(=O)O. The number of thiophene rings is 1. The van der Waals surface area contributed by atoms with E-state index in [2.05, 4.69) is 21.2 Å². The van der Waals surface area contributed by atoms with Gasteiger partial charge in [-0.15, -0.1) is 11.3 Å². The van der Waals surface area contributed by atoms with Gasteiger partial charge in [-0.3, -0.25) is 0 Å². The Bertz CT molecular complexity index is 435. The molecule has 106 valence electrons. The molecule has 5 nitrogen and oxygen atoms in total. The molecule has 0 saturated carbocycles. The number of carboxylic acids is 1. The molecule has 1 amide bonds. The molecule has 0 aromatic carbocycles. The highest BCUT2D eigenvalue weighted by Gasteiger charge is 2.21. The zero-order valence-corrected chi connectivity index (χ0v) is 12.9. The standard InChI is InChI=1S/C12H16BrNO4S/c1-2-3-6-18-12(17)14-9(11(15)16)7-8-4-5-10(13)19-8/h4-5,9H,2-3,6-7H2,1H3,(H,14,17)(H,15,16). The van der Waals surface area contributed by atoms with Crippen LogP contribution in [0.3, 0.4) is 0 Å². The Hall–Kier alpha value is -1.08. The molecular formula is C12H16BrNO4S. The number of alkyl carbamates (subject to hydrolysis) is 1. The Morgan fingerprint density at radius 1 is 1.53 bits per heavy atom. The predicted octanol–water partition coefficient (Wildman–Crippen LogP) is 3.03. The second-order valence-electron chi connectivity index (χ2n) is 3.93. The van der Waals surface area contributed by atoms with Crippen LogP contribution in [0.4, 0.5) is 4.79 Å². The van der Waals surface area contributed by atoms with Crippen LogP contribution in [-0.4, -0.2) is 29.8 Å². The molecule has 2 N–H and O–H groups in total. The van der Waals surface area contributed by atoms with Crippen molar-refractivity contribution in [2.45, 2.75) is 32.2 Å². The summed E-state index contributed by atoms with van der Waals surface area (Å²) in [6.45, 7) is 2.29. The van der Waals surface area contributed by atoms with Gasteiger partial charge in [0.05, 0.1) is 10.4 Å². The number of ether oxygens (including phenoxy) is 1. The van der Waals surface area contributed by atoms with Crippen molar-refractivity contribution in [2.75, 3.05) is 6.61 Å². The number of aliphatic carboxylic acids is 1. The first-order valence-electron chi connectivity index (χ1n) is 5.93. The molecule has 1 aromatic rings. The Morgan fingerprint density at radius 2 is 2.26 bits per heavy atom. The monoisotopic (exact) mass is 349 g/mol. The fourth-order valence-corrected chi connectivity index (χ4v) is 2.88. The maximum atomic E-state index is 11.4. The lowest BCUT2D eigenvalue weighted by molar-refractivity contribution is -0.139. The average molecular weight is 350 g/mol. The minimum atomic E-state index is -1.07. The van der Waals surface area contributed by atoms with Gasteiger partial charge < -0.3 is 15.2 Å². The van der Waals surface area contributed by atoms with Crippen LogP contribution in [0.1, 0.15) is 24.6 Å². The predicted molar refractivity (Wildman–Crippen MR) is 76.5 cm³/mol. The van der Waals surface area contributed by atoms with Gasteiger partial charge in [-0.25, -0.2) is 9.59 Å². The molecule has 0 saturated heterocycles. The van der Waals surface area contributed by atoms with E-state index in [1.807, 2.05) is 19.1 Å². The van der Waals surface area contributed by atoms with Crippen molar-refractivity contribution < 1.29 is 19.4 Å². The summed E-state index contributed by atoms with van der Waals surface area (Å²) in [5, 5.41) is 11.4. The summed E-state index contributed by atoms with van der Waals surface area (Å²) in [5.41, 5.74) is 0. The fourth-order valence-electron chi connectivity index (χ4n) is 1.36. The highest BCUT2D eigenvalue weighted by atomic mass is 79.9. The van der Waals surface area contributed by atoms with Gasteiger partial charge in [0.1, 0.15) is 6.04 Å². The van der Waals surface area contributed by atoms with E-state index in [1.54, 1.807) is 0 Å². The van der Waals surface area contributed by atoms with Gasteiger partial charge in [0.15, 0.2) is 0 Å². The molecule has 1 unspecified atom stereocenters. The first kappa shape index (κ1) is 16.0. The second-order valence-corrected chi connectivity index (χ2v) is 6.48. The van der Waals surface area contributed by atoms with Crippen molar-refractivity contribution in [1.29, 1.82) is 0 Å². The summed E-state index contributed by atoms with van der Waals surface area (Å²) in [6.07, 6.45) is 1.24. The molecule has 0 aliphatic rings. The highest BCUT2D eigenvalue weighted by Crippen LogP contribution is 2.23. The van der Waals surface area contributed by atoms with E-state index in [0.717, 1.165) is 21.5 Å². The van der Waals surface area contributed by atoms with Crippen LogP contribution in [0.25, 0.3) is 0 Å².